The van der Waals surface area contributed by atoms with Gasteiger partial charge in [0.2, 0.25) is 0 Å². The van der Waals surface area contributed by atoms with Crippen molar-refractivity contribution in [1.29, 1.82) is 0 Å². The third-order valence-corrected chi connectivity index (χ3v) is 4.38. The van der Waals surface area contributed by atoms with Gasteiger partial charge >= 0.3 is 0 Å². The number of guanidine groups is 1. The van der Waals surface area contributed by atoms with Crippen LogP contribution in [0.5, 0.6) is 0 Å². The Morgan fingerprint density at radius 3 is 2.64 bits per heavy atom. The van der Waals surface area contributed by atoms with Crippen LogP contribution in [0.15, 0.2) is 46.2 Å². The van der Waals surface area contributed by atoms with E-state index in [1.165, 1.54) is 6.07 Å². The molecule has 0 fully saturated rings. The lowest BCUT2D eigenvalue weighted by atomic mass is 10.1. The molecule has 7 nitrogen and oxygen atoms in total. The molecule has 3 aromatic rings. The highest BCUT2D eigenvalue weighted by Gasteiger charge is 2.10. The van der Waals surface area contributed by atoms with Crippen molar-refractivity contribution in [2.45, 2.75) is 39.8 Å². The van der Waals surface area contributed by atoms with Gasteiger partial charge in [-0.2, -0.15) is 0 Å². The van der Waals surface area contributed by atoms with Crippen LogP contribution < -0.4 is 10.6 Å². The van der Waals surface area contributed by atoms with E-state index in [1.54, 1.807) is 30.1 Å². The number of benzene rings is 1. The molecule has 28 heavy (non-hydrogen) atoms. The van der Waals surface area contributed by atoms with E-state index in [0.29, 0.717) is 30.7 Å². The Hall–Kier alpha value is -3.16. The summed E-state index contributed by atoms with van der Waals surface area (Å²) in [6.45, 7) is 6.87. The molecule has 0 saturated heterocycles. The van der Waals surface area contributed by atoms with Crippen LogP contribution in [-0.2, 0) is 13.1 Å². The minimum atomic E-state index is -0.300. The van der Waals surface area contributed by atoms with Gasteiger partial charge in [-0.1, -0.05) is 25.1 Å². The zero-order chi connectivity index (χ0) is 20.1. The van der Waals surface area contributed by atoms with Crippen molar-refractivity contribution in [2.75, 3.05) is 7.05 Å². The molecule has 2 aromatic heterocycles. The second-order valence-corrected chi connectivity index (χ2v) is 6.78. The maximum absolute atomic E-state index is 14.5. The summed E-state index contributed by atoms with van der Waals surface area (Å²) in [6.07, 6.45) is 3.39. The molecular weight excluding hydrogens is 359 g/mol. The van der Waals surface area contributed by atoms with Gasteiger partial charge in [0.15, 0.2) is 11.7 Å². The molecule has 0 radical (unpaired) electrons. The number of rotatable bonds is 6. The molecule has 0 amide bonds. The highest BCUT2D eigenvalue weighted by Crippen LogP contribution is 2.17. The van der Waals surface area contributed by atoms with Crippen LogP contribution in [0, 0.1) is 12.7 Å². The van der Waals surface area contributed by atoms with Crippen LogP contribution in [0.4, 0.5) is 4.39 Å². The number of aromatic nitrogens is 3. The van der Waals surface area contributed by atoms with Gasteiger partial charge in [-0.3, -0.25) is 4.99 Å². The van der Waals surface area contributed by atoms with Crippen LogP contribution in [0.1, 0.15) is 42.6 Å². The van der Waals surface area contributed by atoms with Gasteiger partial charge in [-0.05, 0) is 30.5 Å². The van der Waals surface area contributed by atoms with Crippen LogP contribution in [0.25, 0.3) is 5.69 Å². The zero-order valence-electron chi connectivity index (χ0n) is 16.5. The maximum Gasteiger partial charge on any atom is 0.191 e. The lowest BCUT2D eigenvalue weighted by Crippen LogP contribution is -2.36. The van der Waals surface area contributed by atoms with Crippen molar-refractivity contribution >= 4 is 5.96 Å². The molecule has 0 aliphatic rings. The molecule has 0 atom stereocenters. The van der Waals surface area contributed by atoms with E-state index in [1.807, 2.05) is 19.1 Å². The molecule has 2 N–H and O–H groups in total. The second kappa shape index (κ2) is 8.69. The second-order valence-electron chi connectivity index (χ2n) is 6.78. The number of aryl methyl sites for hydroxylation is 1. The predicted octanol–water partition coefficient (Wildman–Crippen LogP) is 3.30. The standard InChI is InChI=1S/C20H25FN6O/c1-13(2)18-10-16(28-26-18)12-25-20(22-4)24-11-15-5-6-19(17(21)9-15)27-8-7-23-14(27)3/h5-10,13H,11-12H2,1-4H3,(H2,22,24,25). The third kappa shape index (κ3) is 4.57. The van der Waals surface area contributed by atoms with Gasteiger partial charge in [-0.15, -0.1) is 0 Å². The van der Waals surface area contributed by atoms with Crippen molar-refractivity contribution in [2.24, 2.45) is 4.99 Å². The van der Waals surface area contributed by atoms with Crippen LogP contribution in [0.3, 0.4) is 0 Å². The number of nitrogens with one attached hydrogen (secondary N) is 2. The summed E-state index contributed by atoms with van der Waals surface area (Å²) in [5, 5.41) is 10.4. The molecule has 1 aromatic carbocycles. The minimum absolute atomic E-state index is 0.300. The first-order valence-corrected chi connectivity index (χ1v) is 9.16. The van der Waals surface area contributed by atoms with E-state index < -0.39 is 0 Å². The summed E-state index contributed by atoms with van der Waals surface area (Å²) in [5.41, 5.74) is 2.21. The van der Waals surface area contributed by atoms with Gasteiger partial charge in [0.05, 0.1) is 17.9 Å². The first kappa shape index (κ1) is 19.6. The van der Waals surface area contributed by atoms with Crippen molar-refractivity contribution in [3.63, 3.8) is 0 Å². The molecule has 0 bridgehead atoms. The van der Waals surface area contributed by atoms with Crippen LogP contribution >= 0.6 is 0 Å². The van der Waals surface area contributed by atoms with Crippen molar-refractivity contribution in [3.8, 4) is 5.69 Å². The van der Waals surface area contributed by atoms with Gasteiger partial charge in [-0.25, -0.2) is 9.37 Å². The summed E-state index contributed by atoms with van der Waals surface area (Å²) >= 11 is 0. The first-order chi connectivity index (χ1) is 13.5. The molecule has 2 heterocycles. The Morgan fingerprint density at radius 2 is 2.04 bits per heavy atom. The topological polar surface area (TPSA) is 80.3 Å². The summed E-state index contributed by atoms with van der Waals surface area (Å²) in [5.74, 6) is 2.09. The molecule has 8 heteroatoms. The smallest absolute Gasteiger partial charge is 0.191 e. The molecule has 0 aliphatic heterocycles. The van der Waals surface area contributed by atoms with E-state index in [9.17, 15) is 4.39 Å². The number of hydrogen-bond acceptors (Lipinski definition) is 4. The fourth-order valence-electron chi connectivity index (χ4n) is 2.75. The van der Waals surface area contributed by atoms with E-state index in [2.05, 4.69) is 39.6 Å². The monoisotopic (exact) mass is 384 g/mol. The summed E-state index contributed by atoms with van der Waals surface area (Å²) in [4.78, 5) is 8.31. The van der Waals surface area contributed by atoms with Crippen molar-refractivity contribution in [1.82, 2.24) is 25.3 Å². The fraction of sp³-hybridized carbons (Fsp3) is 0.350. The number of aliphatic imine (C=N–C) groups is 1. The SMILES string of the molecule is CN=C(NCc1ccc(-n2ccnc2C)c(F)c1)NCc1cc(C(C)C)no1. The van der Waals surface area contributed by atoms with E-state index in [-0.39, 0.29) is 5.82 Å². The Labute approximate surface area is 163 Å². The average molecular weight is 384 g/mol. The fourth-order valence-corrected chi connectivity index (χ4v) is 2.75. The highest BCUT2D eigenvalue weighted by molar-refractivity contribution is 5.79. The highest BCUT2D eigenvalue weighted by atomic mass is 19.1. The van der Waals surface area contributed by atoms with E-state index in [4.69, 9.17) is 4.52 Å². The molecular formula is C20H25FN6O. The average Bonchev–Trinajstić information content (AvgIpc) is 3.31. The largest absolute Gasteiger partial charge is 0.359 e. The molecule has 0 unspecified atom stereocenters. The quantitative estimate of drug-likeness (QED) is 0.504. The van der Waals surface area contributed by atoms with E-state index >= 15 is 0 Å². The number of halogens is 1. The Bertz CT molecular complexity index is 959. The number of hydrogen-bond donors (Lipinski definition) is 2. The summed E-state index contributed by atoms with van der Waals surface area (Å²) in [7, 11) is 1.68. The Kier molecular flexibility index (Phi) is 6.08. The minimum Gasteiger partial charge on any atom is -0.359 e. The number of nitrogens with zero attached hydrogens (tertiary/aromatic N) is 4. The van der Waals surface area contributed by atoms with Crippen molar-refractivity contribution in [3.05, 3.63) is 65.3 Å². The molecule has 0 saturated carbocycles. The van der Waals surface area contributed by atoms with Crippen molar-refractivity contribution < 1.29 is 8.91 Å². The predicted molar refractivity (Wildman–Crippen MR) is 106 cm³/mol. The third-order valence-electron chi connectivity index (χ3n) is 4.38. The molecule has 148 valence electrons. The van der Waals surface area contributed by atoms with Crippen LogP contribution in [0.2, 0.25) is 0 Å². The summed E-state index contributed by atoms with van der Waals surface area (Å²) in [6, 6.07) is 7.07. The maximum atomic E-state index is 14.5. The Balaban J connectivity index is 1.57. The zero-order valence-corrected chi connectivity index (χ0v) is 16.5. The Morgan fingerprint density at radius 1 is 1.25 bits per heavy atom. The molecule has 0 aliphatic carbocycles. The molecule has 3 rings (SSSR count). The number of imidazole rings is 1. The lowest BCUT2D eigenvalue weighted by molar-refractivity contribution is 0.372. The van der Waals surface area contributed by atoms with Gasteiger partial charge < -0.3 is 19.7 Å². The summed E-state index contributed by atoms with van der Waals surface area (Å²) < 4.78 is 21.5. The van der Waals surface area contributed by atoms with Crippen LogP contribution in [-0.4, -0.2) is 27.7 Å². The van der Waals surface area contributed by atoms with Gasteiger partial charge in [0, 0.05) is 32.1 Å². The van der Waals surface area contributed by atoms with E-state index in [0.717, 1.165) is 22.8 Å². The normalized spacial score (nSPS) is 11.9. The van der Waals surface area contributed by atoms with Gasteiger partial charge in [0.1, 0.15) is 11.6 Å². The molecule has 0 spiro atoms. The first-order valence-electron chi connectivity index (χ1n) is 9.16. The van der Waals surface area contributed by atoms with Gasteiger partial charge in [0.25, 0.3) is 0 Å². The lowest BCUT2D eigenvalue weighted by Gasteiger charge is -2.12.